The average molecular weight is 195 g/mol. The number of carbonyl (C=O) groups is 1. The van der Waals surface area contributed by atoms with Gasteiger partial charge in [-0.1, -0.05) is 6.32 Å². The Morgan fingerprint density at radius 3 is 3.00 bits per heavy atom. The Morgan fingerprint density at radius 2 is 2.46 bits per heavy atom. The summed E-state index contributed by atoms with van der Waals surface area (Å²) in [4.78, 5) is 15.9. The van der Waals surface area contributed by atoms with Crippen molar-refractivity contribution in [3.05, 3.63) is 23.5 Å². The maximum Gasteiger partial charge on any atom is 0.356 e. The van der Waals surface area contributed by atoms with Crippen molar-refractivity contribution in [1.82, 2.24) is 4.98 Å². The molecule has 0 aliphatic rings. The van der Waals surface area contributed by atoms with Crippen LogP contribution in [-0.4, -0.2) is 25.9 Å². The molecular weight excluding hydrogens is 185 g/mol. The molecule has 13 heavy (non-hydrogen) atoms. The number of ether oxygens (including phenoxy) is 1. The smallest absolute Gasteiger partial charge is 0.356 e. The first-order valence-electron chi connectivity index (χ1n) is 3.95. The second-order valence-electron chi connectivity index (χ2n) is 2.55. The van der Waals surface area contributed by atoms with Crippen LogP contribution < -0.4 is 0 Å². The third kappa shape index (κ3) is 2.24. The predicted molar refractivity (Wildman–Crippen MR) is 55.1 cm³/mol. The molecule has 0 spiro atoms. The van der Waals surface area contributed by atoms with Gasteiger partial charge in [0.05, 0.1) is 7.11 Å². The SMILES string of the molecule is BCc1cc(S)cnc1C(=O)OC. The number of thiol groups is 1. The van der Waals surface area contributed by atoms with Crippen LogP contribution in [0.25, 0.3) is 0 Å². The maximum atomic E-state index is 11.2. The summed E-state index contributed by atoms with van der Waals surface area (Å²) in [6.45, 7) is 0. The van der Waals surface area contributed by atoms with Crippen molar-refractivity contribution < 1.29 is 9.53 Å². The first-order chi connectivity index (χ1) is 6.19. The van der Waals surface area contributed by atoms with Crippen molar-refractivity contribution >= 4 is 26.4 Å². The fourth-order valence-corrected chi connectivity index (χ4v) is 1.26. The number of esters is 1. The lowest BCUT2D eigenvalue weighted by molar-refractivity contribution is 0.0593. The molecule has 0 radical (unpaired) electrons. The molecule has 1 heterocycles. The zero-order chi connectivity index (χ0) is 9.84. The minimum atomic E-state index is -0.398. The van der Waals surface area contributed by atoms with E-state index in [0.717, 1.165) is 16.8 Å². The molecule has 0 aliphatic heterocycles. The van der Waals surface area contributed by atoms with E-state index in [-0.39, 0.29) is 0 Å². The van der Waals surface area contributed by atoms with Gasteiger partial charge in [0.15, 0.2) is 5.69 Å². The minimum absolute atomic E-state index is 0.378. The standard InChI is InChI=1S/C8H10BNO2S/c1-12-8(11)7-5(3-9)2-6(13)4-10-7/h2,4,13H,3,9H2,1H3. The quantitative estimate of drug-likeness (QED) is 0.418. The Morgan fingerprint density at radius 1 is 1.77 bits per heavy atom. The van der Waals surface area contributed by atoms with Gasteiger partial charge in [0, 0.05) is 11.1 Å². The van der Waals surface area contributed by atoms with Crippen LogP contribution in [0.15, 0.2) is 17.2 Å². The number of pyridine rings is 1. The molecule has 1 rings (SSSR count). The zero-order valence-electron chi connectivity index (χ0n) is 7.57. The molecule has 0 bridgehead atoms. The van der Waals surface area contributed by atoms with Crippen molar-refractivity contribution in [3.8, 4) is 0 Å². The van der Waals surface area contributed by atoms with Crippen LogP contribution in [0.1, 0.15) is 16.1 Å². The van der Waals surface area contributed by atoms with Crippen molar-refractivity contribution in [2.75, 3.05) is 7.11 Å². The summed E-state index contributed by atoms with van der Waals surface area (Å²) in [5.41, 5.74) is 1.24. The largest absolute Gasteiger partial charge is 0.464 e. The number of methoxy groups -OCH3 is 1. The summed E-state index contributed by atoms with van der Waals surface area (Å²) < 4.78 is 4.59. The van der Waals surface area contributed by atoms with Crippen LogP contribution in [0.4, 0.5) is 0 Å². The molecule has 1 aromatic heterocycles. The third-order valence-electron chi connectivity index (χ3n) is 1.71. The van der Waals surface area contributed by atoms with Crippen LogP contribution >= 0.6 is 12.6 Å². The lowest BCUT2D eigenvalue weighted by Crippen LogP contribution is -2.08. The van der Waals surface area contributed by atoms with Gasteiger partial charge < -0.3 is 4.74 Å². The minimum Gasteiger partial charge on any atom is -0.464 e. The summed E-state index contributed by atoms with van der Waals surface area (Å²) >= 11 is 4.14. The van der Waals surface area contributed by atoms with Crippen molar-refractivity contribution in [3.63, 3.8) is 0 Å². The van der Waals surface area contributed by atoms with Gasteiger partial charge in [-0.2, -0.15) is 0 Å². The highest BCUT2D eigenvalue weighted by molar-refractivity contribution is 7.80. The number of carbonyl (C=O) groups excluding carboxylic acids is 1. The first kappa shape index (κ1) is 10.1. The summed E-state index contributed by atoms with van der Waals surface area (Å²) in [6.07, 6.45) is 2.28. The molecule has 0 N–H and O–H groups in total. The second-order valence-corrected chi connectivity index (χ2v) is 3.06. The molecule has 0 amide bonds. The highest BCUT2D eigenvalue weighted by Gasteiger charge is 2.11. The molecule has 0 atom stereocenters. The molecular formula is C8H10BNO2S. The van der Waals surface area contributed by atoms with E-state index in [1.807, 2.05) is 13.9 Å². The van der Waals surface area contributed by atoms with Gasteiger partial charge in [-0.3, -0.25) is 0 Å². The van der Waals surface area contributed by atoms with Gasteiger partial charge in [0.25, 0.3) is 0 Å². The van der Waals surface area contributed by atoms with Crippen LogP contribution in [0, 0.1) is 0 Å². The summed E-state index contributed by atoms with van der Waals surface area (Å²) in [5.74, 6) is -0.398. The number of nitrogens with zero attached hydrogens (tertiary/aromatic N) is 1. The predicted octanol–water partition coefficient (Wildman–Crippen LogP) is 0.290. The molecule has 0 aromatic carbocycles. The van der Waals surface area contributed by atoms with Crippen molar-refractivity contribution in [2.24, 2.45) is 0 Å². The van der Waals surface area contributed by atoms with E-state index in [1.54, 1.807) is 0 Å². The normalized spacial score (nSPS) is 9.69. The van der Waals surface area contributed by atoms with Gasteiger partial charge in [-0.25, -0.2) is 9.78 Å². The Labute approximate surface area is 83.3 Å². The highest BCUT2D eigenvalue weighted by atomic mass is 32.1. The lowest BCUT2D eigenvalue weighted by Gasteiger charge is -2.04. The number of hydrogen-bond acceptors (Lipinski definition) is 4. The Bertz CT molecular complexity index is 330. The molecule has 0 fully saturated rings. The summed E-state index contributed by atoms with van der Waals surface area (Å²) in [7, 11) is 3.30. The van der Waals surface area contributed by atoms with Gasteiger partial charge in [-0.05, 0) is 11.6 Å². The van der Waals surface area contributed by atoms with Gasteiger partial charge in [0.1, 0.15) is 7.85 Å². The maximum absolute atomic E-state index is 11.2. The lowest BCUT2D eigenvalue weighted by atomic mass is 9.96. The van der Waals surface area contributed by atoms with Crippen LogP contribution in [-0.2, 0) is 11.1 Å². The van der Waals surface area contributed by atoms with Crippen LogP contribution in [0.3, 0.4) is 0 Å². The van der Waals surface area contributed by atoms with E-state index in [0.29, 0.717) is 5.69 Å². The third-order valence-corrected chi connectivity index (χ3v) is 1.96. The van der Waals surface area contributed by atoms with Gasteiger partial charge in [-0.15, -0.1) is 12.6 Å². The van der Waals surface area contributed by atoms with E-state index in [1.165, 1.54) is 13.3 Å². The Kier molecular flexibility index (Phi) is 3.36. The van der Waals surface area contributed by atoms with Crippen molar-refractivity contribution in [1.29, 1.82) is 0 Å². The number of aromatic nitrogens is 1. The number of hydrogen-bond donors (Lipinski definition) is 1. The van der Waals surface area contributed by atoms with Crippen molar-refractivity contribution in [2.45, 2.75) is 11.2 Å². The molecule has 5 heteroatoms. The zero-order valence-corrected chi connectivity index (χ0v) is 8.47. The van der Waals surface area contributed by atoms with Crippen LogP contribution in [0.2, 0.25) is 0 Å². The average Bonchev–Trinajstić information content (AvgIpc) is 2.16. The van der Waals surface area contributed by atoms with E-state index >= 15 is 0 Å². The van der Waals surface area contributed by atoms with E-state index in [2.05, 4.69) is 22.3 Å². The van der Waals surface area contributed by atoms with Gasteiger partial charge >= 0.3 is 5.97 Å². The van der Waals surface area contributed by atoms with Gasteiger partial charge in [0.2, 0.25) is 0 Å². The fourth-order valence-electron chi connectivity index (χ4n) is 1.05. The Balaban J connectivity index is 3.13. The Hall–Kier alpha value is -0.965. The first-order valence-corrected chi connectivity index (χ1v) is 4.40. The molecule has 0 aliphatic carbocycles. The van der Waals surface area contributed by atoms with E-state index < -0.39 is 5.97 Å². The number of rotatable bonds is 2. The summed E-state index contributed by atoms with van der Waals surface area (Å²) in [5, 5.41) is 0. The van der Waals surface area contributed by atoms with E-state index in [4.69, 9.17) is 0 Å². The molecule has 68 valence electrons. The van der Waals surface area contributed by atoms with E-state index in [9.17, 15) is 4.79 Å². The molecule has 1 aromatic rings. The van der Waals surface area contributed by atoms with Crippen LogP contribution in [0.5, 0.6) is 0 Å². The molecule has 0 saturated carbocycles. The fraction of sp³-hybridized carbons (Fsp3) is 0.250. The summed E-state index contributed by atoms with van der Waals surface area (Å²) in [6, 6.07) is 1.82. The topological polar surface area (TPSA) is 39.2 Å². The molecule has 0 saturated heterocycles. The molecule has 0 unspecified atom stereocenters. The molecule has 3 nitrogen and oxygen atoms in total. The monoisotopic (exact) mass is 195 g/mol. The highest BCUT2D eigenvalue weighted by Crippen LogP contribution is 2.12. The second kappa shape index (κ2) is 4.32.